The number of halogens is 1. The van der Waals surface area contributed by atoms with Gasteiger partial charge in [-0.25, -0.2) is 0 Å². The second-order valence-electron chi connectivity index (χ2n) is 7.24. The molecule has 4 nitrogen and oxygen atoms in total. The smallest absolute Gasteiger partial charge is 0.287 e. The fraction of sp³-hybridized carbons (Fsp3) is 0.292. The number of benzene rings is 2. The first-order valence-electron chi connectivity index (χ1n) is 9.84. The van der Waals surface area contributed by atoms with Crippen molar-refractivity contribution in [2.24, 2.45) is 0 Å². The summed E-state index contributed by atoms with van der Waals surface area (Å²) in [5.74, 6) is 1.87. The Balaban J connectivity index is 1.62. The number of nitrogens with one attached hydrogen (secondary N) is 1. The Morgan fingerprint density at radius 1 is 1.03 bits per heavy atom. The van der Waals surface area contributed by atoms with Gasteiger partial charge < -0.3 is 14.5 Å². The van der Waals surface area contributed by atoms with Crippen molar-refractivity contribution in [2.75, 3.05) is 0 Å². The summed E-state index contributed by atoms with van der Waals surface area (Å²) in [7, 11) is 0. The van der Waals surface area contributed by atoms with Gasteiger partial charge in [-0.1, -0.05) is 57.2 Å². The van der Waals surface area contributed by atoms with Crippen molar-refractivity contribution in [3.8, 4) is 5.75 Å². The van der Waals surface area contributed by atoms with Crippen LogP contribution in [0.3, 0.4) is 0 Å². The lowest BCUT2D eigenvalue weighted by Crippen LogP contribution is -2.27. The van der Waals surface area contributed by atoms with Gasteiger partial charge in [0.25, 0.3) is 5.91 Å². The van der Waals surface area contributed by atoms with Gasteiger partial charge in [0.1, 0.15) is 18.1 Å². The molecule has 0 aliphatic heterocycles. The highest BCUT2D eigenvalue weighted by Gasteiger charge is 2.17. The van der Waals surface area contributed by atoms with Crippen LogP contribution in [0.1, 0.15) is 66.6 Å². The van der Waals surface area contributed by atoms with Crippen LogP contribution >= 0.6 is 15.9 Å². The third-order valence-corrected chi connectivity index (χ3v) is 5.47. The van der Waals surface area contributed by atoms with Crippen molar-refractivity contribution >= 4 is 21.8 Å². The third kappa shape index (κ3) is 5.51. The number of hydrogen-bond acceptors (Lipinski definition) is 3. The van der Waals surface area contributed by atoms with Crippen LogP contribution in [-0.4, -0.2) is 5.91 Å². The quantitative estimate of drug-likeness (QED) is 0.414. The first kappa shape index (κ1) is 21.2. The van der Waals surface area contributed by atoms with E-state index < -0.39 is 0 Å². The van der Waals surface area contributed by atoms with Crippen molar-refractivity contribution in [3.05, 3.63) is 87.8 Å². The molecule has 0 saturated heterocycles. The third-order valence-electron chi connectivity index (χ3n) is 4.81. The highest BCUT2D eigenvalue weighted by atomic mass is 79.9. The number of carbonyl (C=O) groups excluding carboxylic acids is 1. The summed E-state index contributed by atoms with van der Waals surface area (Å²) < 4.78 is 12.3. The fourth-order valence-corrected chi connectivity index (χ4v) is 3.45. The normalized spacial score (nSPS) is 12.0. The van der Waals surface area contributed by atoms with E-state index >= 15 is 0 Å². The lowest BCUT2D eigenvalue weighted by molar-refractivity contribution is 0.0903. The van der Waals surface area contributed by atoms with Crippen molar-refractivity contribution in [3.63, 3.8) is 0 Å². The summed E-state index contributed by atoms with van der Waals surface area (Å²) in [6, 6.07) is 19.4. The van der Waals surface area contributed by atoms with Gasteiger partial charge in [-0.3, -0.25) is 4.79 Å². The Bertz CT molecular complexity index is 947. The zero-order valence-corrected chi connectivity index (χ0v) is 18.5. The standard InChI is InChI=1S/C24H26BrNO3/c1-4-21(18-11-9-17(10-12-18)16(2)3)26-24(27)23-14-13-19(29-23)15-28-22-8-6-5-7-20(22)25/h5-14,16,21H,4,15H2,1-3H3,(H,26,27)/t21-/m0/s1. The highest BCUT2D eigenvalue weighted by molar-refractivity contribution is 9.10. The summed E-state index contributed by atoms with van der Waals surface area (Å²) >= 11 is 3.45. The molecule has 0 aliphatic rings. The van der Waals surface area contributed by atoms with Crippen molar-refractivity contribution < 1.29 is 13.9 Å². The molecule has 0 spiro atoms. The second kappa shape index (κ2) is 9.79. The molecule has 3 rings (SSSR count). The molecule has 1 aromatic heterocycles. The molecule has 0 unspecified atom stereocenters. The average Bonchev–Trinajstić information content (AvgIpc) is 3.20. The summed E-state index contributed by atoms with van der Waals surface area (Å²) in [5.41, 5.74) is 2.38. The maximum atomic E-state index is 12.7. The Morgan fingerprint density at radius 2 is 1.72 bits per heavy atom. The lowest BCUT2D eigenvalue weighted by atomic mass is 9.98. The van der Waals surface area contributed by atoms with Crippen LogP contribution in [0.4, 0.5) is 0 Å². The zero-order chi connectivity index (χ0) is 20.8. The minimum atomic E-state index is -0.225. The van der Waals surface area contributed by atoms with Crippen LogP contribution < -0.4 is 10.1 Å². The van der Waals surface area contributed by atoms with Crippen LogP contribution in [0.2, 0.25) is 0 Å². The monoisotopic (exact) mass is 455 g/mol. The first-order valence-corrected chi connectivity index (χ1v) is 10.6. The Hall–Kier alpha value is -2.53. The summed E-state index contributed by atoms with van der Waals surface area (Å²) in [6.07, 6.45) is 0.797. The predicted octanol–water partition coefficient (Wildman–Crippen LogP) is 6.63. The molecule has 1 amide bonds. The van der Waals surface area contributed by atoms with Crippen molar-refractivity contribution in [2.45, 2.75) is 45.8 Å². The van der Waals surface area contributed by atoms with Gasteiger partial charge in [0.2, 0.25) is 0 Å². The number of amides is 1. The van der Waals surface area contributed by atoms with Crippen LogP contribution in [0.15, 0.2) is 69.6 Å². The van der Waals surface area contributed by atoms with Gasteiger partial charge in [-0.05, 0) is 63.7 Å². The molecule has 1 atom stereocenters. The molecule has 29 heavy (non-hydrogen) atoms. The molecular formula is C24H26BrNO3. The van der Waals surface area contributed by atoms with E-state index in [1.54, 1.807) is 12.1 Å². The van der Waals surface area contributed by atoms with Gasteiger partial charge in [-0.15, -0.1) is 0 Å². The largest absolute Gasteiger partial charge is 0.484 e. The minimum Gasteiger partial charge on any atom is -0.484 e. The maximum Gasteiger partial charge on any atom is 0.287 e. The van der Waals surface area contributed by atoms with Crippen LogP contribution in [0.25, 0.3) is 0 Å². The molecule has 0 fully saturated rings. The van der Waals surface area contributed by atoms with Gasteiger partial charge in [0.05, 0.1) is 10.5 Å². The zero-order valence-electron chi connectivity index (χ0n) is 16.9. The summed E-state index contributed by atoms with van der Waals surface area (Å²) in [6.45, 7) is 6.65. The van der Waals surface area contributed by atoms with E-state index in [0.29, 0.717) is 11.7 Å². The average molecular weight is 456 g/mol. The van der Waals surface area contributed by atoms with Crippen LogP contribution in [0, 0.1) is 0 Å². The Kier molecular flexibility index (Phi) is 7.15. The number of rotatable bonds is 8. The summed E-state index contributed by atoms with van der Waals surface area (Å²) in [5, 5.41) is 3.06. The molecule has 3 aromatic rings. The maximum absolute atomic E-state index is 12.7. The molecule has 0 radical (unpaired) electrons. The van der Waals surface area contributed by atoms with Crippen LogP contribution in [-0.2, 0) is 6.61 Å². The van der Waals surface area contributed by atoms with Gasteiger partial charge >= 0.3 is 0 Å². The lowest BCUT2D eigenvalue weighted by Gasteiger charge is -2.17. The fourth-order valence-electron chi connectivity index (χ4n) is 3.05. The van der Waals surface area contributed by atoms with E-state index in [-0.39, 0.29) is 24.3 Å². The van der Waals surface area contributed by atoms with Gasteiger partial charge in [0, 0.05) is 0 Å². The molecule has 0 aliphatic carbocycles. The number of furan rings is 1. The van der Waals surface area contributed by atoms with Crippen LogP contribution in [0.5, 0.6) is 5.75 Å². The minimum absolute atomic E-state index is 0.0613. The molecule has 0 saturated carbocycles. The van der Waals surface area contributed by atoms with Gasteiger partial charge in [-0.2, -0.15) is 0 Å². The number of hydrogen-bond donors (Lipinski definition) is 1. The van der Waals surface area contributed by atoms with E-state index in [2.05, 4.69) is 66.3 Å². The Morgan fingerprint density at radius 3 is 2.38 bits per heavy atom. The topological polar surface area (TPSA) is 51.5 Å². The van der Waals surface area contributed by atoms with E-state index in [9.17, 15) is 4.79 Å². The van der Waals surface area contributed by atoms with E-state index in [0.717, 1.165) is 22.2 Å². The van der Waals surface area contributed by atoms with E-state index in [4.69, 9.17) is 9.15 Å². The van der Waals surface area contributed by atoms with E-state index in [1.165, 1.54) is 5.56 Å². The first-order chi connectivity index (χ1) is 14.0. The SMILES string of the molecule is CC[C@H](NC(=O)c1ccc(COc2ccccc2Br)o1)c1ccc(C(C)C)cc1. The molecule has 2 aromatic carbocycles. The molecule has 0 bridgehead atoms. The molecular weight excluding hydrogens is 430 g/mol. The number of para-hydroxylation sites is 1. The number of ether oxygens (including phenoxy) is 1. The van der Waals surface area contributed by atoms with Gasteiger partial charge in [0.15, 0.2) is 5.76 Å². The van der Waals surface area contributed by atoms with Crippen molar-refractivity contribution in [1.82, 2.24) is 5.32 Å². The Labute approximate surface area is 180 Å². The van der Waals surface area contributed by atoms with E-state index in [1.807, 2.05) is 24.3 Å². The second-order valence-corrected chi connectivity index (χ2v) is 8.10. The predicted molar refractivity (Wildman–Crippen MR) is 118 cm³/mol. The molecule has 1 heterocycles. The highest BCUT2D eigenvalue weighted by Crippen LogP contribution is 2.25. The molecule has 5 heteroatoms. The van der Waals surface area contributed by atoms with Crippen molar-refractivity contribution in [1.29, 1.82) is 0 Å². The molecule has 1 N–H and O–H groups in total. The molecule has 152 valence electrons. The number of carbonyl (C=O) groups is 1. The summed E-state index contributed by atoms with van der Waals surface area (Å²) in [4.78, 5) is 12.7.